The van der Waals surface area contributed by atoms with Crippen molar-refractivity contribution in [3.05, 3.63) is 28.2 Å². The van der Waals surface area contributed by atoms with Crippen molar-refractivity contribution in [1.29, 1.82) is 0 Å². The van der Waals surface area contributed by atoms with Crippen LogP contribution in [0, 0.1) is 6.92 Å². The number of nitrogens with zero attached hydrogens (tertiary/aromatic N) is 1. The van der Waals surface area contributed by atoms with Gasteiger partial charge in [0.05, 0.1) is 17.8 Å². The summed E-state index contributed by atoms with van der Waals surface area (Å²) in [5.41, 5.74) is 1.28. The molecule has 2 amide bonds. The van der Waals surface area contributed by atoms with Gasteiger partial charge in [0.25, 0.3) is 5.56 Å². The fraction of sp³-hybridized carbons (Fsp3) is 0.571. The number of nitrogens with one attached hydrogen (secondary N) is 2. The third-order valence-corrected chi connectivity index (χ3v) is 3.56. The Morgan fingerprint density at radius 2 is 2.30 bits per heavy atom. The number of hydrogen-bond donors (Lipinski definition) is 2. The average Bonchev–Trinajstić information content (AvgIpc) is 2.89. The van der Waals surface area contributed by atoms with Crippen molar-refractivity contribution >= 4 is 11.7 Å². The zero-order chi connectivity index (χ0) is 14.7. The minimum Gasteiger partial charge on any atom is -0.376 e. The Balaban J connectivity index is 1.97. The molecule has 6 nitrogen and oxygen atoms in total. The second kappa shape index (κ2) is 6.09. The number of pyridine rings is 1. The number of carbonyl (C=O) groups is 1. The third kappa shape index (κ3) is 3.39. The Kier molecular flexibility index (Phi) is 4.44. The first-order chi connectivity index (χ1) is 9.47. The molecule has 110 valence electrons. The molecule has 0 bridgehead atoms. The Morgan fingerprint density at radius 1 is 1.55 bits per heavy atom. The van der Waals surface area contributed by atoms with Crippen LogP contribution in [0.3, 0.4) is 0 Å². The molecule has 2 N–H and O–H groups in total. The van der Waals surface area contributed by atoms with Gasteiger partial charge in [-0.15, -0.1) is 0 Å². The quantitative estimate of drug-likeness (QED) is 0.878. The van der Waals surface area contributed by atoms with Crippen LogP contribution in [0.25, 0.3) is 0 Å². The highest BCUT2D eigenvalue weighted by Gasteiger charge is 2.23. The van der Waals surface area contributed by atoms with Gasteiger partial charge < -0.3 is 19.9 Å². The summed E-state index contributed by atoms with van der Waals surface area (Å²) in [7, 11) is 1.65. The van der Waals surface area contributed by atoms with Gasteiger partial charge in [0.1, 0.15) is 0 Å². The molecule has 1 aromatic rings. The number of anilines is 1. The number of urea groups is 1. The molecule has 6 heteroatoms. The molecular formula is C14H21N3O3. The molecule has 2 heterocycles. The molecule has 1 aliphatic heterocycles. The molecule has 0 unspecified atom stereocenters. The van der Waals surface area contributed by atoms with E-state index in [4.69, 9.17) is 4.74 Å². The summed E-state index contributed by atoms with van der Waals surface area (Å²) < 4.78 is 6.97. The van der Waals surface area contributed by atoms with Crippen LogP contribution in [-0.4, -0.2) is 29.4 Å². The largest absolute Gasteiger partial charge is 0.376 e. The Morgan fingerprint density at radius 3 is 2.95 bits per heavy atom. The van der Waals surface area contributed by atoms with Crippen molar-refractivity contribution in [3.63, 3.8) is 0 Å². The number of ether oxygens (including phenoxy) is 1. The summed E-state index contributed by atoms with van der Waals surface area (Å²) in [5, 5.41) is 5.64. The van der Waals surface area contributed by atoms with Crippen molar-refractivity contribution in [2.45, 2.75) is 38.8 Å². The van der Waals surface area contributed by atoms with Crippen molar-refractivity contribution in [3.8, 4) is 0 Å². The van der Waals surface area contributed by atoms with Gasteiger partial charge in [-0.05, 0) is 32.3 Å². The molecule has 0 saturated carbocycles. The fourth-order valence-electron chi connectivity index (χ4n) is 2.31. The van der Waals surface area contributed by atoms with Gasteiger partial charge in [-0.2, -0.15) is 0 Å². The maximum atomic E-state index is 12.0. The maximum absolute atomic E-state index is 12.0. The second-order valence-corrected chi connectivity index (χ2v) is 5.26. The molecule has 2 rings (SSSR count). The molecule has 1 fully saturated rings. The van der Waals surface area contributed by atoms with E-state index >= 15 is 0 Å². The monoisotopic (exact) mass is 279 g/mol. The standard InChI is InChI=1S/C14H21N3O3/c1-9-7-13(18)17(3)8-11(9)16-14(19)15-10(2)12-5-4-6-20-12/h7-8,10,12H,4-6H2,1-3H3,(H2,15,16,19)/t10-,12+/m0/s1. The van der Waals surface area contributed by atoms with Crippen LogP contribution < -0.4 is 16.2 Å². The number of hydrogen-bond acceptors (Lipinski definition) is 3. The van der Waals surface area contributed by atoms with Crippen LogP contribution in [0.5, 0.6) is 0 Å². The number of carbonyl (C=O) groups excluding carboxylic acids is 1. The summed E-state index contributed by atoms with van der Waals surface area (Å²) >= 11 is 0. The van der Waals surface area contributed by atoms with Crippen LogP contribution in [0.4, 0.5) is 10.5 Å². The molecule has 20 heavy (non-hydrogen) atoms. The third-order valence-electron chi connectivity index (χ3n) is 3.56. The molecule has 2 atom stereocenters. The van der Waals surface area contributed by atoms with Crippen molar-refractivity contribution in [1.82, 2.24) is 9.88 Å². The van der Waals surface area contributed by atoms with Gasteiger partial charge in [0.15, 0.2) is 0 Å². The van der Waals surface area contributed by atoms with Gasteiger partial charge in [0, 0.05) is 25.9 Å². The lowest BCUT2D eigenvalue weighted by molar-refractivity contribution is 0.0868. The van der Waals surface area contributed by atoms with E-state index in [0.717, 1.165) is 25.0 Å². The number of amides is 2. The van der Waals surface area contributed by atoms with E-state index in [0.29, 0.717) is 5.69 Å². The maximum Gasteiger partial charge on any atom is 0.319 e. The molecule has 1 aromatic heterocycles. The predicted molar refractivity (Wildman–Crippen MR) is 77.0 cm³/mol. The fourth-order valence-corrected chi connectivity index (χ4v) is 2.31. The molecule has 0 spiro atoms. The van der Waals surface area contributed by atoms with Crippen LogP contribution in [0.2, 0.25) is 0 Å². The van der Waals surface area contributed by atoms with Crippen molar-refractivity contribution in [2.24, 2.45) is 7.05 Å². The first-order valence-electron chi connectivity index (χ1n) is 6.84. The molecule has 0 aliphatic carbocycles. The van der Waals surface area contributed by atoms with E-state index < -0.39 is 0 Å². The van der Waals surface area contributed by atoms with Crippen molar-refractivity contribution < 1.29 is 9.53 Å². The number of rotatable bonds is 3. The lowest BCUT2D eigenvalue weighted by Crippen LogP contribution is -2.43. The first-order valence-corrected chi connectivity index (χ1v) is 6.84. The second-order valence-electron chi connectivity index (χ2n) is 5.26. The van der Waals surface area contributed by atoms with E-state index in [2.05, 4.69) is 10.6 Å². The predicted octanol–water partition coefficient (Wildman–Crippen LogP) is 1.38. The van der Waals surface area contributed by atoms with Crippen LogP contribution in [0.1, 0.15) is 25.3 Å². The van der Waals surface area contributed by atoms with Crippen LogP contribution >= 0.6 is 0 Å². The van der Waals surface area contributed by atoms with Crippen molar-refractivity contribution in [2.75, 3.05) is 11.9 Å². The van der Waals surface area contributed by atoms with Crippen LogP contribution in [0.15, 0.2) is 17.1 Å². The van der Waals surface area contributed by atoms with Gasteiger partial charge in [0.2, 0.25) is 0 Å². The molecule has 0 radical (unpaired) electrons. The van der Waals surface area contributed by atoms with E-state index in [1.807, 2.05) is 6.92 Å². The normalized spacial score (nSPS) is 19.6. The zero-order valence-corrected chi connectivity index (χ0v) is 12.1. The molecule has 1 saturated heterocycles. The SMILES string of the molecule is Cc1cc(=O)n(C)cc1NC(=O)N[C@@H](C)[C@H]1CCCO1. The van der Waals surface area contributed by atoms with E-state index in [9.17, 15) is 9.59 Å². The summed E-state index contributed by atoms with van der Waals surface area (Å²) in [4.78, 5) is 23.4. The van der Waals surface area contributed by atoms with Gasteiger partial charge >= 0.3 is 6.03 Å². The Bertz CT molecular complexity index is 547. The highest BCUT2D eigenvalue weighted by molar-refractivity contribution is 5.90. The van der Waals surface area contributed by atoms with Gasteiger partial charge in [-0.1, -0.05) is 0 Å². The molecular weight excluding hydrogens is 258 g/mol. The zero-order valence-electron chi connectivity index (χ0n) is 12.1. The average molecular weight is 279 g/mol. The highest BCUT2D eigenvalue weighted by Crippen LogP contribution is 2.16. The smallest absolute Gasteiger partial charge is 0.319 e. The minimum absolute atomic E-state index is 0.0367. The topological polar surface area (TPSA) is 72.4 Å². The van der Waals surface area contributed by atoms with Gasteiger partial charge in [-0.25, -0.2) is 4.79 Å². The van der Waals surface area contributed by atoms with E-state index in [1.54, 1.807) is 20.2 Å². The summed E-state index contributed by atoms with van der Waals surface area (Å²) in [5.74, 6) is 0. The highest BCUT2D eigenvalue weighted by atomic mass is 16.5. The van der Waals surface area contributed by atoms with Crippen LogP contribution in [-0.2, 0) is 11.8 Å². The summed E-state index contributed by atoms with van der Waals surface area (Å²) in [6.07, 6.45) is 3.72. The first kappa shape index (κ1) is 14.6. The summed E-state index contributed by atoms with van der Waals surface area (Å²) in [6, 6.07) is 1.18. The van der Waals surface area contributed by atoms with E-state index in [-0.39, 0.29) is 23.7 Å². The Hall–Kier alpha value is -1.82. The molecule has 1 aliphatic rings. The number of aryl methyl sites for hydroxylation is 2. The summed E-state index contributed by atoms with van der Waals surface area (Å²) in [6.45, 7) is 4.49. The Labute approximate surface area is 118 Å². The molecule has 0 aromatic carbocycles. The number of aromatic nitrogens is 1. The lowest BCUT2D eigenvalue weighted by Gasteiger charge is -2.20. The van der Waals surface area contributed by atoms with E-state index in [1.165, 1.54) is 10.6 Å². The lowest BCUT2D eigenvalue weighted by atomic mass is 10.1. The minimum atomic E-state index is -0.283. The van der Waals surface area contributed by atoms with Gasteiger partial charge in [-0.3, -0.25) is 4.79 Å².